The SMILES string of the molecule is CCCCCCOC(=O)C1=C(C)NC(=O)N[C@H]1c1ccc(N(CC)CC)cc1. The molecule has 1 aromatic rings. The Morgan fingerprint density at radius 3 is 2.36 bits per heavy atom. The van der Waals surface area contributed by atoms with Gasteiger partial charge in [-0.1, -0.05) is 38.3 Å². The average Bonchev–Trinajstić information content (AvgIpc) is 2.68. The van der Waals surface area contributed by atoms with E-state index in [4.69, 9.17) is 4.74 Å². The predicted octanol–water partition coefficient (Wildman–Crippen LogP) is 4.28. The Morgan fingerprint density at radius 2 is 1.75 bits per heavy atom. The van der Waals surface area contributed by atoms with Gasteiger partial charge in [0.1, 0.15) is 0 Å². The van der Waals surface area contributed by atoms with Crippen LogP contribution in [0.15, 0.2) is 35.5 Å². The van der Waals surface area contributed by atoms with E-state index in [1.54, 1.807) is 6.92 Å². The maximum absolute atomic E-state index is 12.7. The van der Waals surface area contributed by atoms with E-state index in [1.165, 1.54) is 0 Å². The maximum atomic E-state index is 12.7. The third-order valence-corrected chi connectivity index (χ3v) is 5.08. The molecule has 0 aromatic heterocycles. The van der Waals surface area contributed by atoms with Crippen molar-refractivity contribution in [3.05, 3.63) is 41.1 Å². The maximum Gasteiger partial charge on any atom is 0.338 e. The summed E-state index contributed by atoms with van der Waals surface area (Å²) in [6.45, 7) is 10.4. The summed E-state index contributed by atoms with van der Waals surface area (Å²) < 4.78 is 5.49. The van der Waals surface area contributed by atoms with Crippen LogP contribution in [0, 0.1) is 0 Å². The van der Waals surface area contributed by atoms with Gasteiger partial charge < -0.3 is 20.3 Å². The zero-order valence-corrected chi connectivity index (χ0v) is 17.5. The van der Waals surface area contributed by atoms with Gasteiger partial charge in [0, 0.05) is 24.5 Å². The molecule has 2 amide bonds. The van der Waals surface area contributed by atoms with Crippen molar-refractivity contribution in [2.24, 2.45) is 0 Å². The molecule has 1 aliphatic rings. The fourth-order valence-electron chi connectivity index (χ4n) is 3.45. The number of urea groups is 1. The minimum Gasteiger partial charge on any atom is -0.462 e. The highest BCUT2D eigenvalue weighted by Crippen LogP contribution is 2.29. The molecule has 28 heavy (non-hydrogen) atoms. The van der Waals surface area contributed by atoms with Crippen molar-refractivity contribution in [2.75, 3.05) is 24.6 Å². The highest BCUT2D eigenvalue weighted by molar-refractivity contribution is 5.95. The number of ether oxygens (including phenoxy) is 1. The number of carbonyl (C=O) groups excluding carboxylic acids is 2. The Balaban J connectivity index is 2.17. The van der Waals surface area contributed by atoms with Crippen LogP contribution < -0.4 is 15.5 Å². The molecule has 0 aliphatic carbocycles. The summed E-state index contributed by atoms with van der Waals surface area (Å²) in [4.78, 5) is 27.0. The molecule has 1 aromatic carbocycles. The number of carbonyl (C=O) groups is 2. The minimum atomic E-state index is -0.511. The van der Waals surface area contributed by atoms with Crippen molar-refractivity contribution in [3.8, 4) is 0 Å². The van der Waals surface area contributed by atoms with Gasteiger partial charge in [0.2, 0.25) is 0 Å². The van der Waals surface area contributed by atoms with Crippen molar-refractivity contribution in [2.45, 2.75) is 59.4 Å². The molecular formula is C22H33N3O3. The second kappa shape index (κ2) is 10.7. The quantitative estimate of drug-likeness (QED) is 0.464. The zero-order chi connectivity index (χ0) is 20.5. The molecule has 1 atom stereocenters. The number of allylic oxidation sites excluding steroid dienone is 1. The van der Waals surface area contributed by atoms with Crippen molar-refractivity contribution in [3.63, 3.8) is 0 Å². The summed E-state index contributed by atoms with van der Waals surface area (Å²) in [5.41, 5.74) is 2.99. The van der Waals surface area contributed by atoms with Crippen LogP contribution in [0.25, 0.3) is 0 Å². The number of nitrogens with zero attached hydrogens (tertiary/aromatic N) is 1. The molecule has 0 unspecified atom stereocenters. The van der Waals surface area contributed by atoms with Crippen LogP contribution in [0.1, 0.15) is 65.0 Å². The number of esters is 1. The van der Waals surface area contributed by atoms with Crippen LogP contribution in [0.4, 0.5) is 10.5 Å². The molecule has 1 aliphatic heterocycles. The normalized spacial score (nSPS) is 16.4. The standard InChI is InChI=1S/C22H33N3O3/c1-5-8-9-10-15-28-21(26)19-16(4)23-22(27)24-20(19)17-11-13-18(14-12-17)25(6-2)7-3/h11-14,20H,5-10,15H2,1-4H3,(H2,23,24,27)/t20-/m0/s1. The molecule has 6 nitrogen and oxygen atoms in total. The number of nitrogens with one attached hydrogen (secondary N) is 2. The van der Waals surface area contributed by atoms with Crippen LogP contribution in [0.3, 0.4) is 0 Å². The summed E-state index contributed by atoms with van der Waals surface area (Å²) >= 11 is 0. The van der Waals surface area contributed by atoms with Gasteiger partial charge in [-0.15, -0.1) is 0 Å². The molecule has 0 saturated carbocycles. The van der Waals surface area contributed by atoms with Crippen molar-refractivity contribution in [1.82, 2.24) is 10.6 Å². The van der Waals surface area contributed by atoms with E-state index >= 15 is 0 Å². The van der Waals surface area contributed by atoms with E-state index in [-0.39, 0.29) is 12.0 Å². The Hall–Kier alpha value is -2.50. The number of hydrogen-bond acceptors (Lipinski definition) is 4. The Labute approximate surface area is 168 Å². The molecule has 0 bridgehead atoms. The van der Waals surface area contributed by atoms with E-state index in [9.17, 15) is 9.59 Å². The Morgan fingerprint density at radius 1 is 1.07 bits per heavy atom. The second-order valence-electron chi connectivity index (χ2n) is 7.03. The lowest BCUT2D eigenvalue weighted by atomic mass is 9.95. The smallest absolute Gasteiger partial charge is 0.338 e. The van der Waals surface area contributed by atoms with E-state index in [0.29, 0.717) is 17.9 Å². The van der Waals surface area contributed by atoms with Crippen LogP contribution in [0.2, 0.25) is 0 Å². The number of benzene rings is 1. The lowest BCUT2D eigenvalue weighted by Crippen LogP contribution is -2.45. The molecule has 154 valence electrons. The van der Waals surface area contributed by atoms with Gasteiger partial charge in [-0.2, -0.15) is 0 Å². The van der Waals surface area contributed by atoms with E-state index in [0.717, 1.165) is 50.0 Å². The fourth-order valence-corrected chi connectivity index (χ4v) is 3.45. The Bertz CT molecular complexity index is 693. The lowest BCUT2D eigenvalue weighted by molar-refractivity contribution is -0.139. The molecule has 1 heterocycles. The number of anilines is 1. The molecule has 2 rings (SSSR count). The lowest BCUT2D eigenvalue weighted by Gasteiger charge is -2.29. The minimum absolute atomic E-state index is 0.310. The van der Waals surface area contributed by atoms with Crippen molar-refractivity contribution < 1.29 is 14.3 Å². The first-order valence-corrected chi connectivity index (χ1v) is 10.3. The first-order chi connectivity index (χ1) is 13.5. The van der Waals surface area contributed by atoms with Crippen LogP contribution in [-0.2, 0) is 9.53 Å². The molecule has 2 N–H and O–H groups in total. The van der Waals surface area contributed by atoms with Gasteiger partial charge in [-0.25, -0.2) is 9.59 Å². The first-order valence-electron chi connectivity index (χ1n) is 10.3. The summed E-state index contributed by atoms with van der Waals surface area (Å²) in [6.07, 6.45) is 4.18. The molecular weight excluding hydrogens is 354 g/mol. The van der Waals surface area contributed by atoms with E-state index in [2.05, 4.69) is 36.3 Å². The summed E-state index contributed by atoms with van der Waals surface area (Å²) in [5.74, 6) is -0.376. The van der Waals surface area contributed by atoms with Gasteiger partial charge in [-0.3, -0.25) is 0 Å². The molecule has 6 heteroatoms. The molecule has 0 fully saturated rings. The highest BCUT2D eigenvalue weighted by atomic mass is 16.5. The third-order valence-electron chi connectivity index (χ3n) is 5.08. The zero-order valence-electron chi connectivity index (χ0n) is 17.5. The fraction of sp³-hybridized carbons (Fsp3) is 0.545. The monoisotopic (exact) mass is 387 g/mol. The largest absolute Gasteiger partial charge is 0.462 e. The summed E-state index contributed by atoms with van der Waals surface area (Å²) in [6, 6.07) is 7.16. The van der Waals surface area contributed by atoms with Crippen LogP contribution in [-0.4, -0.2) is 31.7 Å². The Kier molecular flexibility index (Phi) is 8.36. The third kappa shape index (κ3) is 5.50. The van der Waals surface area contributed by atoms with E-state index < -0.39 is 6.04 Å². The number of hydrogen-bond donors (Lipinski definition) is 2. The summed E-state index contributed by atoms with van der Waals surface area (Å²) in [7, 11) is 0. The topological polar surface area (TPSA) is 70.7 Å². The second-order valence-corrected chi connectivity index (χ2v) is 7.03. The summed E-state index contributed by atoms with van der Waals surface area (Å²) in [5, 5.41) is 5.55. The average molecular weight is 388 g/mol. The number of amides is 2. The first kappa shape index (κ1) is 21.8. The van der Waals surface area contributed by atoms with Gasteiger partial charge in [0.25, 0.3) is 0 Å². The molecule has 0 spiro atoms. The van der Waals surface area contributed by atoms with Crippen LogP contribution in [0.5, 0.6) is 0 Å². The van der Waals surface area contributed by atoms with Crippen LogP contribution >= 0.6 is 0 Å². The highest BCUT2D eigenvalue weighted by Gasteiger charge is 2.32. The molecule has 0 radical (unpaired) electrons. The van der Waals surface area contributed by atoms with Gasteiger partial charge in [0.15, 0.2) is 0 Å². The molecule has 0 saturated heterocycles. The van der Waals surface area contributed by atoms with Gasteiger partial charge in [0.05, 0.1) is 18.2 Å². The van der Waals surface area contributed by atoms with Gasteiger partial charge in [-0.05, 0) is 44.9 Å². The number of unbranched alkanes of at least 4 members (excludes halogenated alkanes) is 3. The van der Waals surface area contributed by atoms with Gasteiger partial charge >= 0.3 is 12.0 Å². The number of rotatable bonds is 10. The van der Waals surface area contributed by atoms with Crippen molar-refractivity contribution in [1.29, 1.82) is 0 Å². The van der Waals surface area contributed by atoms with Crippen molar-refractivity contribution >= 4 is 17.7 Å². The van der Waals surface area contributed by atoms with E-state index in [1.807, 2.05) is 24.3 Å². The predicted molar refractivity (Wildman–Crippen MR) is 112 cm³/mol.